The number of rotatable bonds is 6. The molecule has 1 amide bonds. The molecule has 0 radical (unpaired) electrons. The Morgan fingerprint density at radius 3 is 2.41 bits per heavy atom. The van der Waals surface area contributed by atoms with Crippen LogP contribution in [0.4, 0.5) is 28.8 Å². The van der Waals surface area contributed by atoms with Gasteiger partial charge in [-0.1, -0.05) is 32.0 Å². The Bertz CT molecular complexity index is 924. The summed E-state index contributed by atoms with van der Waals surface area (Å²) in [4.78, 5) is 15.6. The Labute approximate surface area is 158 Å². The van der Waals surface area contributed by atoms with Crippen molar-refractivity contribution < 1.29 is 4.79 Å². The summed E-state index contributed by atoms with van der Waals surface area (Å²) in [5.41, 5.74) is 3.66. The van der Waals surface area contributed by atoms with Gasteiger partial charge in [-0.15, -0.1) is 5.10 Å². The molecule has 138 valence electrons. The third kappa shape index (κ3) is 5.24. The molecule has 1 heterocycles. The van der Waals surface area contributed by atoms with Gasteiger partial charge < -0.3 is 16.0 Å². The topological polar surface area (TPSA) is 91.8 Å². The van der Waals surface area contributed by atoms with E-state index >= 15 is 0 Å². The number of nitrogens with one attached hydrogen (secondary N) is 3. The summed E-state index contributed by atoms with van der Waals surface area (Å²) in [7, 11) is 0. The number of anilines is 5. The van der Waals surface area contributed by atoms with E-state index in [1.54, 1.807) is 0 Å². The smallest absolute Gasteiger partial charge is 0.249 e. The molecule has 0 saturated carbocycles. The third-order valence-electron chi connectivity index (χ3n) is 3.85. The minimum Gasteiger partial charge on any atom is -0.339 e. The zero-order valence-corrected chi connectivity index (χ0v) is 15.5. The zero-order chi connectivity index (χ0) is 19.2. The minimum absolute atomic E-state index is 0.120. The lowest BCUT2D eigenvalue weighted by atomic mass is 10.0. The van der Waals surface area contributed by atoms with Crippen molar-refractivity contribution in [2.75, 3.05) is 16.0 Å². The van der Waals surface area contributed by atoms with Gasteiger partial charge in [-0.2, -0.15) is 10.1 Å². The van der Waals surface area contributed by atoms with E-state index in [0.29, 0.717) is 23.4 Å². The minimum atomic E-state index is -0.120. The molecular weight excluding hydrogens is 340 g/mol. The summed E-state index contributed by atoms with van der Waals surface area (Å²) in [6, 6.07) is 15.5. The normalized spacial score (nSPS) is 10.5. The summed E-state index contributed by atoms with van der Waals surface area (Å²) < 4.78 is 0. The first-order chi connectivity index (χ1) is 13.0. The molecule has 7 heteroatoms. The van der Waals surface area contributed by atoms with Crippen LogP contribution in [0.25, 0.3) is 0 Å². The second kappa shape index (κ2) is 8.27. The highest BCUT2D eigenvalue weighted by Crippen LogP contribution is 2.21. The lowest BCUT2D eigenvalue weighted by Crippen LogP contribution is -2.06. The number of hydrogen-bond donors (Lipinski definition) is 3. The lowest BCUT2D eigenvalue weighted by molar-refractivity contribution is -0.114. The van der Waals surface area contributed by atoms with E-state index < -0.39 is 0 Å². The number of aromatic nitrogens is 3. The Kier molecular flexibility index (Phi) is 5.61. The van der Waals surface area contributed by atoms with E-state index in [0.717, 1.165) is 11.4 Å². The monoisotopic (exact) mass is 362 g/mol. The molecule has 2 aromatic carbocycles. The molecule has 1 aromatic heterocycles. The van der Waals surface area contributed by atoms with Gasteiger partial charge in [-0.3, -0.25) is 4.79 Å². The van der Waals surface area contributed by atoms with Gasteiger partial charge in [0.25, 0.3) is 0 Å². The molecule has 0 unspecified atom stereocenters. The number of carbonyl (C=O) groups is 1. The molecule has 0 spiro atoms. The summed E-state index contributed by atoms with van der Waals surface area (Å²) >= 11 is 0. The highest BCUT2D eigenvalue weighted by Gasteiger charge is 2.04. The maximum Gasteiger partial charge on any atom is 0.249 e. The van der Waals surface area contributed by atoms with E-state index in [1.165, 1.54) is 18.7 Å². The van der Waals surface area contributed by atoms with Gasteiger partial charge >= 0.3 is 0 Å². The summed E-state index contributed by atoms with van der Waals surface area (Å²) in [6.07, 6.45) is 1.54. The molecular formula is C20H22N6O. The number of carbonyl (C=O) groups excluding carboxylic acids is 1. The fourth-order valence-electron chi connectivity index (χ4n) is 2.52. The van der Waals surface area contributed by atoms with Crippen LogP contribution in [0.1, 0.15) is 32.3 Å². The van der Waals surface area contributed by atoms with Crippen LogP contribution in [0, 0.1) is 0 Å². The van der Waals surface area contributed by atoms with Crippen molar-refractivity contribution >= 4 is 34.7 Å². The van der Waals surface area contributed by atoms with Crippen LogP contribution < -0.4 is 16.0 Å². The lowest BCUT2D eigenvalue weighted by Gasteiger charge is -2.10. The molecule has 7 nitrogen and oxygen atoms in total. The van der Waals surface area contributed by atoms with E-state index in [4.69, 9.17) is 0 Å². The molecule has 27 heavy (non-hydrogen) atoms. The number of benzene rings is 2. The first-order valence-electron chi connectivity index (χ1n) is 8.71. The van der Waals surface area contributed by atoms with Crippen molar-refractivity contribution in [3.63, 3.8) is 0 Å². The Morgan fingerprint density at radius 1 is 0.963 bits per heavy atom. The number of amides is 1. The largest absolute Gasteiger partial charge is 0.339 e. The summed E-state index contributed by atoms with van der Waals surface area (Å²) in [5, 5.41) is 17.1. The first kappa shape index (κ1) is 18.3. The van der Waals surface area contributed by atoms with Gasteiger partial charge in [-0.05, 0) is 41.8 Å². The molecule has 0 saturated heterocycles. The van der Waals surface area contributed by atoms with Crippen molar-refractivity contribution in [2.45, 2.75) is 26.7 Å². The second-order valence-electron chi connectivity index (χ2n) is 6.45. The Morgan fingerprint density at radius 2 is 1.70 bits per heavy atom. The van der Waals surface area contributed by atoms with E-state index in [1.807, 2.05) is 36.4 Å². The highest BCUT2D eigenvalue weighted by atomic mass is 16.1. The molecule has 0 fully saturated rings. The maximum absolute atomic E-state index is 11.2. The fourth-order valence-corrected chi connectivity index (χ4v) is 2.52. The molecule has 3 rings (SSSR count). The second-order valence-corrected chi connectivity index (χ2v) is 6.45. The van der Waals surface area contributed by atoms with Crippen LogP contribution in [0.3, 0.4) is 0 Å². The first-order valence-corrected chi connectivity index (χ1v) is 8.71. The maximum atomic E-state index is 11.2. The molecule has 3 N–H and O–H groups in total. The van der Waals surface area contributed by atoms with Crippen molar-refractivity contribution in [3.8, 4) is 0 Å². The summed E-state index contributed by atoms with van der Waals surface area (Å²) in [5.74, 6) is 1.31. The SMILES string of the molecule is CC(=O)Nc1cccc(Nc2cnnc(Nc3ccc(C(C)C)cc3)n2)c1. The summed E-state index contributed by atoms with van der Waals surface area (Å²) in [6.45, 7) is 5.79. The van der Waals surface area contributed by atoms with E-state index in [9.17, 15) is 4.79 Å². The van der Waals surface area contributed by atoms with Gasteiger partial charge in [0.05, 0.1) is 6.20 Å². The van der Waals surface area contributed by atoms with Crippen molar-refractivity contribution in [3.05, 3.63) is 60.3 Å². The standard InChI is InChI=1S/C20H22N6O/c1-13(2)15-7-9-16(10-8-15)24-20-25-19(12-21-26-20)23-18-6-4-5-17(11-18)22-14(3)27/h4-13H,1-3H3,(H,22,27)(H2,23,24,25,26). The number of hydrogen-bond acceptors (Lipinski definition) is 6. The van der Waals surface area contributed by atoms with Crippen LogP contribution >= 0.6 is 0 Å². The quantitative estimate of drug-likeness (QED) is 0.600. The molecule has 3 aromatic rings. The van der Waals surface area contributed by atoms with Crippen LogP contribution in [-0.4, -0.2) is 21.1 Å². The predicted octanol–water partition coefficient (Wildman–Crippen LogP) is 4.44. The van der Waals surface area contributed by atoms with Crippen LogP contribution in [-0.2, 0) is 4.79 Å². The van der Waals surface area contributed by atoms with Crippen LogP contribution in [0.15, 0.2) is 54.7 Å². The molecule has 0 atom stereocenters. The van der Waals surface area contributed by atoms with Gasteiger partial charge in [0, 0.05) is 24.0 Å². The van der Waals surface area contributed by atoms with E-state index in [2.05, 4.69) is 57.1 Å². The molecule has 0 bridgehead atoms. The van der Waals surface area contributed by atoms with Crippen molar-refractivity contribution in [1.82, 2.24) is 15.2 Å². The van der Waals surface area contributed by atoms with Crippen LogP contribution in [0.2, 0.25) is 0 Å². The average Bonchev–Trinajstić information content (AvgIpc) is 2.62. The zero-order valence-electron chi connectivity index (χ0n) is 15.5. The van der Waals surface area contributed by atoms with Crippen molar-refractivity contribution in [1.29, 1.82) is 0 Å². The molecule has 0 aliphatic heterocycles. The van der Waals surface area contributed by atoms with Crippen LogP contribution in [0.5, 0.6) is 0 Å². The highest BCUT2D eigenvalue weighted by molar-refractivity contribution is 5.89. The predicted molar refractivity (Wildman–Crippen MR) is 108 cm³/mol. The van der Waals surface area contributed by atoms with Gasteiger partial charge in [-0.25, -0.2) is 0 Å². The number of nitrogens with zero attached hydrogens (tertiary/aromatic N) is 3. The van der Waals surface area contributed by atoms with Gasteiger partial charge in [0.15, 0.2) is 5.82 Å². The van der Waals surface area contributed by atoms with Gasteiger partial charge in [0.1, 0.15) is 0 Å². The van der Waals surface area contributed by atoms with E-state index in [-0.39, 0.29) is 5.91 Å². The van der Waals surface area contributed by atoms with Gasteiger partial charge in [0.2, 0.25) is 11.9 Å². The molecule has 0 aliphatic rings. The third-order valence-corrected chi connectivity index (χ3v) is 3.85. The van der Waals surface area contributed by atoms with Crippen molar-refractivity contribution in [2.24, 2.45) is 0 Å². The Hall–Kier alpha value is -3.48. The molecule has 0 aliphatic carbocycles. The Balaban J connectivity index is 1.71. The fraction of sp³-hybridized carbons (Fsp3) is 0.200. The average molecular weight is 362 g/mol.